The molecule has 1 aliphatic heterocycles. The molecule has 4 N–H and O–H groups in total. The fraction of sp³-hybridized carbons (Fsp3) is 0.214. The number of nitrogens with zero attached hydrogens (tertiary/aromatic N) is 3. The van der Waals surface area contributed by atoms with Gasteiger partial charge in [-0.25, -0.2) is 4.79 Å². The molecule has 0 unspecified atom stereocenters. The van der Waals surface area contributed by atoms with Gasteiger partial charge in [-0.2, -0.15) is 4.68 Å². The SMILES string of the molecule is O=C(Nc1ccc(CC2(C(=O)O)CCNCC2)nc1)n1ccc(Nc2ccc(Oc3ccc(Cl)cc3)cc2)n1. The molecule has 1 amide bonds. The summed E-state index contributed by atoms with van der Waals surface area (Å²) < 4.78 is 6.98. The third-order valence-electron chi connectivity index (χ3n) is 6.58. The first-order valence-corrected chi connectivity index (χ1v) is 12.8. The van der Waals surface area contributed by atoms with Crippen molar-refractivity contribution in [2.75, 3.05) is 23.7 Å². The standard InChI is InChI=1S/C28H27ClN6O4/c29-19-1-7-23(8-2-19)39-24-9-5-20(6-10-24)32-25-11-16-35(34-25)27(38)33-22-4-3-21(31-18-22)17-28(26(36)37)12-14-30-15-13-28/h1-11,16,18,30H,12-15,17H2,(H,32,34)(H,33,38)(H,36,37). The number of rotatable bonds is 8. The normalized spacial score (nSPS) is 14.4. The van der Waals surface area contributed by atoms with Crippen LogP contribution in [0.15, 0.2) is 79.1 Å². The molecule has 1 aliphatic rings. The van der Waals surface area contributed by atoms with Gasteiger partial charge in [-0.15, -0.1) is 5.10 Å². The van der Waals surface area contributed by atoms with Crippen LogP contribution in [-0.4, -0.2) is 45.0 Å². The first kappa shape index (κ1) is 26.2. The molecule has 11 heteroatoms. The first-order valence-electron chi connectivity index (χ1n) is 12.5. The summed E-state index contributed by atoms with van der Waals surface area (Å²) in [5.74, 6) is 1.04. The average Bonchev–Trinajstić information content (AvgIpc) is 3.41. The molecule has 0 aliphatic carbocycles. The Morgan fingerprint density at radius 2 is 1.64 bits per heavy atom. The van der Waals surface area contributed by atoms with Crippen molar-refractivity contribution in [2.45, 2.75) is 19.3 Å². The number of pyridine rings is 1. The predicted octanol–water partition coefficient (Wildman–Crippen LogP) is 5.54. The van der Waals surface area contributed by atoms with E-state index >= 15 is 0 Å². The van der Waals surface area contributed by atoms with E-state index in [-0.39, 0.29) is 0 Å². The molecule has 1 fully saturated rings. The summed E-state index contributed by atoms with van der Waals surface area (Å²) in [6.45, 7) is 1.34. The van der Waals surface area contributed by atoms with Gasteiger partial charge in [0.05, 0.1) is 17.3 Å². The number of hydrogen-bond donors (Lipinski definition) is 4. The number of ether oxygens (including phenoxy) is 1. The van der Waals surface area contributed by atoms with Crippen LogP contribution in [0.1, 0.15) is 18.5 Å². The van der Waals surface area contributed by atoms with Crippen LogP contribution in [0.25, 0.3) is 0 Å². The Kier molecular flexibility index (Phi) is 7.76. The van der Waals surface area contributed by atoms with Crippen molar-refractivity contribution in [1.82, 2.24) is 20.1 Å². The number of carboxylic acids is 1. The van der Waals surface area contributed by atoms with Crippen LogP contribution < -0.4 is 20.7 Å². The van der Waals surface area contributed by atoms with Gasteiger partial charge in [0.15, 0.2) is 5.82 Å². The first-order chi connectivity index (χ1) is 18.9. The van der Waals surface area contributed by atoms with E-state index in [1.165, 1.54) is 10.9 Å². The van der Waals surface area contributed by atoms with Gasteiger partial charge in [0.1, 0.15) is 11.5 Å². The van der Waals surface area contributed by atoms with Crippen LogP contribution in [-0.2, 0) is 11.2 Å². The van der Waals surface area contributed by atoms with E-state index in [2.05, 4.69) is 26.0 Å². The van der Waals surface area contributed by atoms with Crippen LogP contribution in [0.3, 0.4) is 0 Å². The van der Waals surface area contributed by atoms with Gasteiger partial charge in [0, 0.05) is 35.1 Å². The van der Waals surface area contributed by atoms with Crippen molar-refractivity contribution >= 4 is 40.8 Å². The van der Waals surface area contributed by atoms with E-state index in [9.17, 15) is 14.7 Å². The highest BCUT2D eigenvalue weighted by atomic mass is 35.5. The highest BCUT2D eigenvalue weighted by Gasteiger charge is 2.40. The number of carboxylic acid groups (broad SMARTS) is 1. The maximum absolute atomic E-state index is 12.7. The third kappa shape index (κ3) is 6.54. The molecule has 3 heterocycles. The summed E-state index contributed by atoms with van der Waals surface area (Å²) in [4.78, 5) is 29.0. The summed E-state index contributed by atoms with van der Waals surface area (Å²) in [6.07, 6.45) is 4.53. The van der Waals surface area contributed by atoms with Gasteiger partial charge in [-0.05, 0) is 86.6 Å². The Balaban J connectivity index is 1.15. The Morgan fingerprint density at radius 1 is 0.974 bits per heavy atom. The van der Waals surface area contributed by atoms with E-state index in [0.717, 1.165) is 5.69 Å². The number of amides is 1. The fourth-order valence-electron chi connectivity index (χ4n) is 4.40. The van der Waals surface area contributed by atoms with E-state index < -0.39 is 17.4 Å². The van der Waals surface area contributed by atoms with Gasteiger partial charge in [0.2, 0.25) is 0 Å². The smallest absolute Gasteiger partial charge is 0.346 e. The molecule has 2 aromatic heterocycles. The van der Waals surface area contributed by atoms with Crippen molar-refractivity contribution in [3.63, 3.8) is 0 Å². The molecule has 1 saturated heterocycles. The molecule has 5 rings (SSSR count). The van der Waals surface area contributed by atoms with Gasteiger partial charge in [-0.3, -0.25) is 9.78 Å². The monoisotopic (exact) mass is 546 g/mol. The minimum atomic E-state index is -0.814. The summed E-state index contributed by atoms with van der Waals surface area (Å²) >= 11 is 5.91. The number of halogens is 1. The van der Waals surface area contributed by atoms with Crippen molar-refractivity contribution in [3.8, 4) is 11.5 Å². The largest absolute Gasteiger partial charge is 0.481 e. The Bertz CT molecular complexity index is 1430. The quantitative estimate of drug-likeness (QED) is 0.226. The maximum atomic E-state index is 12.7. The molecule has 39 heavy (non-hydrogen) atoms. The lowest BCUT2D eigenvalue weighted by Gasteiger charge is -2.33. The third-order valence-corrected chi connectivity index (χ3v) is 6.84. The molecule has 0 saturated carbocycles. The average molecular weight is 547 g/mol. The highest BCUT2D eigenvalue weighted by molar-refractivity contribution is 6.30. The number of carbonyl (C=O) groups excluding carboxylic acids is 1. The number of carbonyl (C=O) groups is 2. The zero-order valence-electron chi connectivity index (χ0n) is 20.9. The second-order valence-electron chi connectivity index (χ2n) is 9.33. The number of benzene rings is 2. The summed E-state index contributed by atoms with van der Waals surface area (Å²) in [7, 11) is 0. The lowest BCUT2D eigenvalue weighted by atomic mass is 9.75. The highest BCUT2D eigenvalue weighted by Crippen LogP contribution is 2.33. The Labute approximate surface area is 230 Å². The predicted molar refractivity (Wildman–Crippen MR) is 148 cm³/mol. The molecule has 0 radical (unpaired) electrons. The minimum Gasteiger partial charge on any atom is -0.481 e. The molecule has 0 spiro atoms. The molecule has 200 valence electrons. The molecular formula is C28H27ClN6O4. The Hall–Kier alpha value is -4.41. The number of aliphatic carboxylic acids is 1. The van der Waals surface area contributed by atoms with Crippen molar-refractivity contribution in [3.05, 3.63) is 89.8 Å². The zero-order chi connectivity index (χ0) is 27.2. The van der Waals surface area contributed by atoms with Gasteiger partial charge < -0.3 is 25.8 Å². The number of hydrogen-bond acceptors (Lipinski definition) is 7. The van der Waals surface area contributed by atoms with Crippen LogP contribution in [0.4, 0.5) is 22.0 Å². The van der Waals surface area contributed by atoms with Crippen molar-refractivity contribution in [1.29, 1.82) is 0 Å². The molecule has 4 aromatic rings. The molecular weight excluding hydrogens is 520 g/mol. The molecule has 2 aromatic carbocycles. The van der Waals surface area contributed by atoms with Crippen LogP contribution in [0.5, 0.6) is 11.5 Å². The number of piperidine rings is 1. The van der Waals surface area contributed by atoms with E-state index in [4.69, 9.17) is 16.3 Å². The zero-order valence-corrected chi connectivity index (χ0v) is 21.7. The summed E-state index contributed by atoms with van der Waals surface area (Å²) in [5.41, 5.74) is 1.12. The van der Waals surface area contributed by atoms with E-state index in [0.29, 0.717) is 66.1 Å². The lowest BCUT2D eigenvalue weighted by Crippen LogP contribution is -2.43. The molecule has 0 bridgehead atoms. The van der Waals surface area contributed by atoms with Crippen molar-refractivity contribution < 1.29 is 19.4 Å². The van der Waals surface area contributed by atoms with Gasteiger partial charge in [-0.1, -0.05) is 11.6 Å². The van der Waals surface area contributed by atoms with Gasteiger partial charge in [0.25, 0.3) is 0 Å². The number of aromatic nitrogens is 3. The Morgan fingerprint density at radius 3 is 2.28 bits per heavy atom. The maximum Gasteiger partial charge on any atom is 0.346 e. The fourth-order valence-corrected chi connectivity index (χ4v) is 4.52. The molecule has 0 atom stereocenters. The minimum absolute atomic E-state index is 0.348. The van der Waals surface area contributed by atoms with Crippen LogP contribution in [0.2, 0.25) is 5.02 Å². The summed E-state index contributed by atoms with van der Waals surface area (Å²) in [6, 6.07) is 19.1. The van der Waals surface area contributed by atoms with E-state index in [1.807, 2.05) is 24.3 Å². The second-order valence-corrected chi connectivity index (χ2v) is 9.77. The topological polar surface area (TPSA) is 130 Å². The lowest BCUT2D eigenvalue weighted by molar-refractivity contribution is -0.150. The molecule has 10 nitrogen and oxygen atoms in total. The van der Waals surface area contributed by atoms with Gasteiger partial charge >= 0.3 is 12.0 Å². The number of anilines is 3. The second kappa shape index (κ2) is 11.5. The summed E-state index contributed by atoms with van der Waals surface area (Å²) in [5, 5.41) is 23.8. The van der Waals surface area contributed by atoms with Crippen molar-refractivity contribution in [2.24, 2.45) is 5.41 Å². The van der Waals surface area contributed by atoms with Crippen LogP contribution in [0, 0.1) is 5.41 Å². The van der Waals surface area contributed by atoms with E-state index in [1.54, 1.807) is 48.7 Å². The number of nitrogens with one attached hydrogen (secondary N) is 3. The van der Waals surface area contributed by atoms with Crippen LogP contribution >= 0.6 is 11.6 Å².